The van der Waals surface area contributed by atoms with Gasteiger partial charge in [0.2, 0.25) is 0 Å². The third-order valence-corrected chi connectivity index (χ3v) is 5.15. The second-order valence-corrected chi connectivity index (χ2v) is 7.24. The number of rotatable bonds is 5. The second kappa shape index (κ2) is 6.64. The van der Waals surface area contributed by atoms with Crippen molar-refractivity contribution in [2.75, 3.05) is 0 Å². The highest BCUT2D eigenvalue weighted by molar-refractivity contribution is 7.83. The molecule has 126 valence electrons. The van der Waals surface area contributed by atoms with Gasteiger partial charge in [0.05, 0.1) is 22.9 Å². The van der Waals surface area contributed by atoms with E-state index < -0.39 is 10.8 Å². The van der Waals surface area contributed by atoms with Gasteiger partial charge in [-0.3, -0.25) is 4.21 Å². The predicted octanol–water partition coefficient (Wildman–Crippen LogP) is 2.33. The first-order valence-corrected chi connectivity index (χ1v) is 9.06. The van der Waals surface area contributed by atoms with Crippen LogP contribution in [-0.2, 0) is 22.3 Å². The Morgan fingerprint density at radius 1 is 1.12 bits per heavy atom. The van der Waals surface area contributed by atoms with Gasteiger partial charge in [0.1, 0.15) is 5.76 Å². The van der Waals surface area contributed by atoms with Gasteiger partial charge >= 0.3 is 0 Å². The molecular weight excluding hydrogens is 326 g/mol. The zero-order chi connectivity index (χ0) is 17.3. The van der Waals surface area contributed by atoms with Crippen molar-refractivity contribution in [2.24, 2.45) is 0 Å². The van der Waals surface area contributed by atoms with Crippen LogP contribution in [0.3, 0.4) is 0 Å². The van der Waals surface area contributed by atoms with Crippen LogP contribution in [0.15, 0.2) is 22.7 Å². The molecule has 0 bridgehead atoms. The minimum absolute atomic E-state index is 0.269. The molecule has 0 saturated heterocycles. The van der Waals surface area contributed by atoms with Crippen LogP contribution < -0.4 is 0 Å². The van der Waals surface area contributed by atoms with Crippen LogP contribution >= 0.6 is 0 Å². The molecule has 24 heavy (non-hydrogen) atoms. The largest absolute Gasteiger partial charge is 0.361 e. The lowest BCUT2D eigenvalue weighted by Crippen LogP contribution is -2.10. The number of benzene rings is 1. The van der Waals surface area contributed by atoms with Crippen LogP contribution in [0.4, 0.5) is 0 Å². The summed E-state index contributed by atoms with van der Waals surface area (Å²) >= 11 is 0. The van der Waals surface area contributed by atoms with Crippen molar-refractivity contribution in [3.63, 3.8) is 0 Å². The molecule has 0 spiro atoms. The quantitative estimate of drug-likeness (QED) is 0.705. The monoisotopic (exact) mass is 345 g/mol. The maximum Gasteiger partial charge on any atom is 0.169 e. The van der Waals surface area contributed by atoms with E-state index in [0.29, 0.717) is 17.3 Å². The van der Waals surface area contributed by atoms with Gasteiger partial charge in [0.15, 0.2) is 5.82 Å². The van der Waals surface area contributed by atoms with E-state index in [1.54, 1.807) is 4.68 Å². The summed E-state index contributed by atoms with van der Waals surface area (Å²) in [4.78, 5) is 0. The maximum absolute atomic E-state index is 12.6. The van der Waals surface area contributed by atoms with Crippen LogP contribution in [0.5, 0.6) is 0 Å². The molecule has 0 aliphatic rings. The van der Waals surface area contributed by atoms with E-state index in [1.807, 2.05) is 45.9 Å². The summed E-state index contributed by atoms with van der Waals surface area (Å²) in [5.74, 6) is 1.93. The molecule has 0 unspecified atom stereocenters. The van der Waals surface area contributed by atoms with Gasteiger partial charge in [-0.25, -0.2) is 0 Å². The van der Waals surface area contributed by atoms with E-state index in [1.165, 1.54) is 0 Å². The predicted molar refractivity (Wildman–Crippen MR) is 90.2 cm³/mol. The molecule has 0 N–H and O–H groups in total. The number of nitrogens with zero attached hydrogens (tertiary/aromatic N) is 5. The Labute approximate surface area is 142 Å². The summed E-state index contributed by atoms with van der Waals surface area (Å²) < 4.78 is 19.4. The number of para-hydroxylation sites is 1. The highest BCUT2D eigenvalue weighted by atomic mass is 32.2. The molecule has 7 nitrogen and oxygen atoms in total. The van der Waals surface area contributed by atoms with E-state index in [-0.39, 0.29) is 5.75 Å². The lowest BCUT2D eigenvalue weighted by Gasteiger charge is -2.10. The number of tetrazole rings is 1. The minimum Gasteiger partial charge on any atom is -0.361 e. The molecule has 0 amide bonds. The Morgan fingerprint density at radius 3 is 2.46 bits per heavy atom. The van der Waals surface area contributed by atoms with Gasteiger partial charge in [-0.2, -0.15) is 4.68 Å². The number of aromatic nitrogens is 5. The Kier molecular flexibility index (Phi) is 4.57. The molecular formula is C16H19N5O2S. The fourth-order valence-corrected chi connectivity index (χ4v) is 3.98. The first-order chi connectivity index (χ1) is 11.5. The molecule has 0 fully saturated rings. The minimum atomic E-state index is -1.16. The van der Waals surface area contributed by atoms with Crippen molar-refractivity contribution in [1.82, 2.24) is 25.4 Å². The van der Waals surface area contributed by atoms with Crippen molar-refractivity contribution in [3.05, 3.63) is 52.2 Å². The molecule has 3 aromatic rings. The summed E-state index contributed by atoms with van der Waals surface area (Å²) in [6, 6.07) is 6.01. The van der Waals surface area contributed by atoms with E-state index in [9.17, 15) is 4.21 Å². The van der Waals surface area contributed by atoms with E-state index >= 15 is 0 Å². The van der Waals surface area contributed by atoms with Crippen LogP contribution in [-0.4, -0.2) is 29.6 Å². The Bertz CT molecular complexity index is 860. The molecule has 0 radical (unpaired) electrons. The molecule has 8 heteroatoms. The van der Waals surface area contributed by atoms with Crippen LogP contribution in [0.25, 0.3) is 5.69 Å². The van der Waals surface area contributed by atoms with Gasteiger partial charge in [-0.1, -0.05) is 23.4 Å². The van der Waals surface area contributed by atoms with Crippen LogP contribution in [0.1, 0.15) is 34.0 Å². The summed E-state index contributed by atoms with van der Waals surface area (Å²) in [6.07, 6.45) is 0. The smallest absolute Gasteiger partial charge is 0.169 e. The van der Waals surface area contributed by atoms with Gasteiger partial charge in [0, 0.05) is 16.4 Å². The lowest BCUT2D eigenvalue weighted by atomic mass is 10.1. The zero-order valence-electron chi connectivity index (χ0n) is 14.1. The maximum atomic E-state index is 12.6. The Balaban J connectivity index is 1.85. The van der Waals surface area contributed by atoms with Gasteiger partial charge in [-0.05, 0) is 49.2 Å². The van der Waals surface area contributed by atoms with E-state index in [0.717, 1.165) is 28.1 Å². The van der Waals surface area contributed by atoms with Crippen molar-refractivity contribution in [2.45, 2.75) is 39.2 Å². The molecule has 0 saturated carbocycles. The summed E-state index contributed by atoms with van der Waals surface area (Å²) in [7, 11) is -1.16. The Morgan fingerprint density at radius 2 is 1.83 bits per heavy atom. The molecule has 1 atom stereocenters. The number of hydrogen-bond acceptors (Lipinski definition) is 6. The number of hydrogen-bond donors (Lipinski definition) is 0. The highest BCUT2D eigenvalue weighted by Gasteiger charge is 2.18. The lowest BCUT2D eigenvalue weighted by molar-refractivity contribution is 0.392. The first-order valence-electron chi connectivity index (χ1n) is 7.58. The van der Waals surface area contributed by atoms with E-state index in [2.05, 4.69) is 20.7 Å². The van der Waals surface area contributed by atoms with E-state index in [4.69, 9.17) is 4.52 Å². The average Bonchev–Trinajstić information content (AvgIpc) is 3.09. The third-order valence-electron chi connectivity index (χ3n) is 3.96. The zero-order valence-corrected chi connectivity index (χ0v) is 14.9. The fourth-order valence-electron chi connectivity index (χ4n) is 2.67. The normalized spacial score (nSPS) is 12.5. The van der Waals surface area contributed by atoms with Crippen LogP contribution in [0, 0.1) is 27.7 Å². The second-order valence-electron chi connectivity index (χ2n) is 5.78. The molecule has 2 heterocycles. The fraction of sp³-hybridized carbons (Fsp3) is 0.375. The Hall–Kier alpha value is -2.35. The van der Waals surface area contributed by atoms with Gasteiger partial charge in [0.25, 0.3) is 0 Å². The molecule has 1 aromatic carbocycles. The standard InChI is InChI=1S/C16H19N5O2S/c1-10-6-5-7-11(2)16(10)21-15(17-19-20-21)9-24(22)8-14-12(3)18-23-13(14)4/h5-7H,8-9H2,1-4H3/t24-/m1/s1. The highest BCUT2D eigenvalue weighted by Crippen LogP contribution is 2.20. The molecule has 0 aliphatic carbocycles. The van der Waals surface area contributed by atoms with Gasteiger partial charge in [-0.15, -0.1) is 5.10 Å². The topological polar surface area (TPSA) is 86.7 Å². The third kappa shape index (κ3) is 3.14. The molecule has 3 rings (SSSR count). The van der Waals surface area contributed by atoms with Crippen molar-refractivity contribution >= 4 is 10.8 Å². The summed E-state index contributed by atoms with van der Waals surface area (Å²) in [5.41, 5.74) is 4.74. The molecule has 2 aromatic heterocycles. The van der Waals surface area contributed by atoms with Crippen molar-refractivity contribution in [1.29, 1.82) is 0 Å². The molecule has 0 aliphatic heterocycles. The number of aryl methyl sites for hydroxylation is 4. The van der Waals surface area contributed by atoms with Crippen molar-refractivity contribution < 1.29 is 8.73 Å². The first kappa shape index (κ1) is 16.5. The summed E-state index contributed by atoms with van der Waals surface area (Å²) in [5, 5.41) is 15.8. The SMILES string of the molecule is Cc1cccc(C)c1-n1nnnc1C[S@](=O)Cc1c(C)noc1C. The van der Waals surface area contributed by atoms with Gasteiger partial charge < -0.3 is 4.52 Å². The summed E-state index contributed by atoms with van der Waals surface area (Å²) in [6.45, 7) is 7.69. The van der Waals surface area contributed by atoms with Crippen LogP contribution in [0.2, 0.25) is 0 Å². The average molecular weight is 345 g/mol. The van der Waals surface area contributed by atoms with Crippen molar-refractivity contribution in [3.8, 4) is 5.69 Å².